The van der Waals surface area contributed by atoms with Crippen LogP contribution in [0.1, 0.15) is 10.4 Å². The molecule has 0 bridgehead atoms. The summed E-state index contributed by atoms with van der Waals surface area (Å²) < 4.78 is 32.2. The van der Waals surface area contributed by atoms with Crippen molar-refractivity contribution in [3.63, 3.8) is 0 Å². The number of sulfonamides is 1. The lowest BCUT2D eigenvalue weighted by Crippen LogP contribution is -2.50. The Hall–Kier alpha value is -3.24. The van der Waals surface area contributed by atoms with Gasteiger partial charge in [0.25, 0.3) is 21.1 Å². The monoisotopic (exact) mass is 413 g/mol. The molecule has 1 aliphatic rings. The summed E-state index contributed by atoms with van der Waals surface area (Å²) in [4.78, 5) is 18.4. The van der Waals surface area contributed by atoms with Gasteiger partial charge in [0, 0.05) is 26.2 Å². The largest absolute Gasteiger partial charge is 0.457 e. The van der Waals surface area contributed by atoms with Gasteiger partial charge in [0.05, 0.1) is 5.56 Å². The Bertz CT molecular complexity index is 1080. The molecule has 10 heteroatoms. The summed E-state index contributed by atoms with van der Waals surface area (Å²) in [7, 11) is -3.74. The van der Waals surface area contributed by atoms with Crippen LogP contribution in [0.2, 0.25) is 0 Å². The normalized spacial score (nSPS) is 15.2. The van der Waals surface area contributed by atoms with Crippen molar-refractivity contribution in [1.82, 2.24) is 24.4 Å². The number of aromatic amines is 1. The Morgan fingerprint density at radius 1 is 0.966 bits per heavy atom. The number of H-pyrrole nitrogens is 1. The molecule has 4 rings (SSSR count). The Balaban J connectivity index is 1.47. The lowest BCUT2D eigenvalue weighted by atomic mass is 10.1. The molecule has 1 fully saturated rings. The number of rotatable bonds is 5. The number of ether oxygens (including phenoxy) is 1. The Kier molecular flexibility index (Phi) is 5.28. The molecule has 9 nitrogen and oxygen atoms in total. The first-order chi connectivity index (χ1) is 14.1. The van der Waals surface area contributed by atoms with E-state index in [1.165, 1.54) is 4.31 Å². The maximum absolute atomic E-state index is 13.0. The maximum Gasteiger partial charge on any atom is 0.278 e. The van der Waals surface area contributed by atoms with E-state index >= 15 is 0 Å². The number of hydrogen-bond acceptors (Lipinski definition) is 6. The van der Waals surface area contributed by atoms with Gasteiger partial charge < -0.3 is 9.64 Å². The van der Waals surface area contributed by atoms with E-state index in [0.29, 0.717) is 17.1 Å². The number of benzene rings is 2. The van der Waals surface area contributed by atoms with Crippen molar-refractivity contribution in [3.8, 4) is 11.5 Å². The fourth-order valence-corrected chi connectivity index (χ4v) is 4.33. The zero-order chi connectivity index (χ0) is 20.3. The predicted octanol–water partition coefficient (Wildman–Crippen LogP) is 1.74. The van der Waals surface area contributed by atoms with E-state index in [-0.39, 0.29) is 37.2 Å². The van der Waals surface area contributed by atoms with Crippen LogP contribution in [0.4, 0.5) is 0 Å². The average Bonchev–Trinajstić information content (AvgIpc) is 3.30. The molecule has 2 heterocycles. The third-order valence-corrected chi connectivity index (χ3v) is 6.32. The van der Waals surface area contributed by atoms with Gasteiger partial charge in [-0.05, 0) is 24.3 Å². The second-order valence-corrected chi connectivity index (χ2v) is 8.25. The molecule has 2 aromatic carbocycles. The number of nitrogens with one attached hydrogen (secondary N) is 1. The summed E-state index contributed by atoms with van der Waals surface area (Å²) in [6.07, 6.45) is 1.15. The molecule has 1 N–H and O–H groups in total. The number of para-hydroxylation sites is 2. The molecule has 0 spiro atoms. The van der Waals surface area contributed by atoms with E-state index in [0.717, 1.165) is 6.33 Å². The molecule has 1 aliphatic heterocycles. The van der Waals surface area contributed by atoms with Gasteiger partial charge in [-0.25, -0.2) is 18.5 Å². The van der Waals surface area contributed by atoms with Crippen LogP contribution < -0.4 is 4.74 Å². The first-order valence-corrected chi connectivity index (χ1v) is 10.5. The van der Waals surface area contributed by atoms with Crippen molar-refractivity contribution in [2.75, 3.05) is 26.2 Å². The molecule has 150 valence electrons. The van der Waals surface area contributed by atoms with E-state index < -0.39 is 10.0 Å². The van der Waals surface area contributed by atoms with Crippen LogP contribution in [0.3, 0.4) is 0 Å². The zero-order valence-electron chi connectivity index (χ0n) is 15.4. The minimum absolute atomic E-state index is 0.177. The molecule has 0 unspecified atom stereocenters. The van der Waals surface area contributed by atoms with Crippen molar-refractivity contribution < 1.29 is 17.9 Å². The SMILES string of the molecule is O=C(c1ccccc1Oc1ccccc1)N1CCN(S(=O)(=O)c2ncn[nH]2)CC1. The fraction of sp³-hybridized carbons (Fsp3) is 0.211. The predicted molar refractivity (Wildman–Crippen MR) is 104 cm³/mol. The van der Waals surface area contributed by atoms with E-state index in [4.69, 9.17) is 4.74 Å². The summed E-state index contributed by atoms with van der Waals surface area (Å²) in [5.41, 5.74) is 0.433. The van der Waals surface area contributed by atoms with Crippen LogP contribution >= 0.6 is 0 Å². The highest BCUT2D eigenvalue weighted by molar-refractivity contribution is 7.88. The summed E-state index contributed by atoms with van der Waals surface area (Å²) in [6.45, 7) is 0.894. The Labute approximate surface area is 168 Å². The topological polar surface area (TPSA) is 108 Å². The van der Waals surface area contributed by atoms with Crippen molar-refractivity contribution in [1.29, 1.82) is 0 Å². The van der Waals surface area contributed by atoms with Crippen LogP contribution in [0.15, 0.2) is 66.1 Å². The van der Waals surface area contributed by atoms with Crippen LogP contribution in [0.25, 0.3) is 0 Å². The second kappa shape index (κ2) is 8.02. The molecule has 1 aromatic heterocycles. The number of aromatic nitrogens is 3. The zero-order valence-corrected chi connectivity index (χ0v) is 16.2. The van der Waals surface area contributed by atoms with Gasteiger partial charge in [0.15, 0.2) is 0 Å². The summed E-state index contributed by atoms with van der Waals surface area (Å²) in [6, 6.07) is 16.2. The third-order valence-electron chi connectivity index (χ3n) is 4.59. The molecule has 3 aromatic rings. The highest BCUT2D eigenvalue weighted by Gasteiger charge is 2.32. The third kappa shape index (κ3) is 3.98. The maximum atomic E-state index is 13.0. The average molecular weight is 413 g/mol. The number of carbonyl (C=O) groups excluding carboxylic acids is 1. The minimum Gasteiger partial charge on any atom is -0.457 e. The standard InChI is InChI=1S/C19H19N5O4S/c25-18(16-8-4-5-9-17(16)28-15-6-2-1-3-7-15)23-10-12-24(13-11-23)29(26,27)19-20-14-21-22-19/h1-9,14H,10-13H2,(H,20,21,22). The summed E-state index contributed by atoms with van der Waals surface area (Å²) in [5, 5.41) is 5.77. The second-order valence-electron chi connectivity index (χ2n) is 6.40. The fourth-order valence-electron chi connectivity index (χ4n) is 3.09. The summed E-state index contributed by atoms with van der Waals surface area (Å²) in [5.74, 6) is 0.893. The molecule has 29 heavy (non-hydrogen) atoms. The highest BCUT2D eigenvalue weighted by atomic mass is 32.2. The molecular formula is C19H19N5O4S. The quantitative estimate of drug-likeness (QED) is 0.683. The lowest BCUT2D eigenvalue weighted by molar-refractivity contribution is 0.0695. The van der Waals surface area contributed by atoms with Crippen molar-refractivity contribution in [2.45, 2.75) is 5.16 Å². The van der Waals surface area contributed by atoms with Gasteiger partial charge >= 0.3 is 0 Å². The van der Waals surface area contributed by atoms with E-state index in [2.05, 4.69) is 15.2 Å². The van der Waals surface area contributed by atoms with Gasteiger partial charge in [0.1, 0.15) is 17.8 Å². The molecule has 0 saturated carbocycles. The van der Waals surface area contributed by atoms with Gasteiger partial charge in [-0.1, -0.05) is 30.3 Å². The molecule has 0 aliphatic carbocycles. The van der Waals surface area contributed by atoms with Crippen LogP contribution in [-0.2, 0) is 10.0 Å². The first kappa shape index (κ1) is 19.1. The number of carbonyl (C=O) groups is 1. The van der Waals surface area contributed by atoms with E-state index in [1.807, 2.05) is 30.3 Å². The number of piperazine rings is 1. The molecule has 0 atom stereocenters. The van der Waals surface area contributed by atoms with Crippen LogP contribution in [0, 0.1) is 0 Å². The number of nitrogens with zero attached hydrogens (tertiary/aromatic N) is 4. The van der Waals surface area contributed by atoms with Crippen molar-refractivity contribution in [2.24, 2.45) is 0 Å². The molecule has 1 saturated heterocycles. The first-order valence-electron chi connectivity index (χ1n) is 9.02. The van der Waals surface area contributed by atoms with Crippen LogP contribution in [-0.4, -0.2) is 64.9 Å². The number of hydrogen-bond donors (Lipinski definition) is 1. The van der Waals surface area contributed by atoms with E-state index in [9.17, 15) is 13.2 Å². The summed E-state index contributed by atoms with van der Waals surface area (Å²) >= 11 is 0. The van der Waals surface area contributed by atoms with Gasteiger partial charge in [-0.2, -0.15) is 9.40 Å². The van der Waals surface area contributed by atoms with Gasteiger partial charge in [-0.15, -0.1) is 0 Å². The van der Waals surface area contributed by atoms with Gasteiger partial charge in [-0.3, -0.25) is 4.79 Å². The number of amides is 1. The van der Waals surface area contributed by atoms with E-state index in [1.54, 1.807) is 29.2 Å². The minimum atomic E-state index is -3.74. The van der Waals surface area contributed by atoms with Crippen molar-refractivity contribution >= 4 is 15.9 Å². The molecular weight excluding hydrogens is 394 g/mol. The molecule has 0 radical (unpaired) electrons. The smallest absolute Gasteiger partial charge is 0.278 e. The molecule has 1 amide bonds. The Morgan fingerprint density at radius 2 is 1.66 bits per heavy atom. The highest BCUT2D eigenvalue weighted by Crippen LogP contribution is 2.26. The van der Waals surface area contributed by atoms with Gasteiger partial charge in [0.2, 0.25) is 0 Å². The van der Waals surface area contributed by atoms with Crippen LogP contribution in [0.5, 0.6) is 11.5 Å². The Morgan fingerprint density at radius 3 is 2.34 bits per heavy atom. The lowest BCUT2D eigenvalue weighted by Gasteiger charge is -2.33. The van der Waals surface area contributed by atoms with Crippen molar-refractivity contribution in [3.05, 3.63) is 66.5 Å².